The van der Waals surface area contributed by atoms with Gasteiger partial charge in [0.15, 0.2) is 5.78 Å². The van der Waals surface area contributed by atoms with Gasteiger partial charge in [-0.05, 0) is 24.6 Å². The van der Waals surface area contributed by atoms with Gasteiger partial charge in [0.05, 0.1) is 10.6 Å². The lowest BCUT2D eigenvalue weighted by Gasteiger charge is -2.10. The molecular formula is C11H10ClF3O. The van der Waals surface area contributed by atoms with Crippen molar-refractivity contribution in [3.05, 3.63) is 34.3 Å². The quantitative estimate of drug-likeness (QED) is 0.729. The minimum absolute atomic E-state index is 0.0542. The van der Waals surface area contributed by atoms with Crippen LogP contribution in [0.2, 0.25) is 5.02 Å². The van der Waals surface area contributed by atoms with E-state index in [0.29, 0.717) is 6.42 Å². The average Bonchev–Trinajstić information content (AvgIpc) is 2.16. The number of halogens is 4. The van der Waals surface area contributed by atoms with Crippen molar-refractivity contribution >= 4 is 17.4 Å². The Morgan fingerprint density at radius 3 is 2.50 bits per heavy atom. The minimum atomic E-state index is -4.53. The van der Waals surface area contributed by atoms with Crippen molar-refractivity contribution in [2.45, 2.75) is 25.9 Å². The highest BCUT2D eigenvalue weighted by Crippen LogP contribution is 2.35. The van der Waals surface area contributed by atoms with Crippen LogP contribution in [0.15, 0.2) is 18.2 Å². The topological polar surface area (TPSA) is 17.1 Å². The Morgan fingerprint density at radius 2 is 2.00 bits per heavy atom. The van der Waals surface area contributed by atoms with Gasteiger partial charge in [0.1, 0.15) is 0 Å². The fraction of sp³-hybridized carbons (Fsp3) is 0.364. The number of hydrogen-bond acceptors (Lipinski definition) is 1. The molecule has 0 radical (unpaired) electrons. The zero-order valence-corrected chi connectivity index (χ0v) is 9.32. The number of Topliss-reactive ketones (excluding diaryl/α,β-unsaturated/α-hetero) is 1. The predicted molar refractivity (Wildman–Crippen MR) is 55.7 cm³/mol. The zero-order chi connectivity index (χ0) is 12.3. The number of hydrogen-bond donors (Lipinski definition) is 0. The number of benzene rings is 1. The standard InChI is InChI=1S/C11H10ClF3O/c1-2-3-10(16)7-4-5-9(12)8(6-7)11(13,14)15/h4-6H,2-3H2,1H3. The van der Waals surface area contributed by atoms with Crippen LogP contribution >= 0.6 is 11.6 Å². The number of ketones is 1. The lowest BCUT2D eigenvalue weighted by atomic mass is 10.0. The molecule has 0 aliphatic carbocycles. The van der Waals surface area contributed by atoms with Crippen molar-refractivity contribution in [3.8, 4) is 0 Å². The number of carbonyl (C=O) groups excluding carboxylic acids is 1. The summed E-state index contributed by atoms with van der Waals surface area (Å²) < 4.78 is 37.4. The van der Waals surface area contributed by atoms with E-state index in [-0.39, 0.29) is 22.8 Å². The van der Waals surface area contributed by atoms with Gasteiger partial charge in [-0.15, -0.1) is 0 Å². The molecule has 0 aliphatic heterocycles. The summed E-state index contributed by atoms with van der Waals surface area (Å²) in [6, 6.07) is 3.23. The second-order valence-corrected chi connectivity index (χ2v) is 3.77. The van der Waals surface area contributed by atoms with Gasteiger partial charge in [-0.2, -0.15) is 13.2 Å². The molecule has 1 nitrogen and oxygen atoms in total. The van der Waals surface area contributed by atoms with E-state index >= 15 is 0 Å². The summed E-state index contributed by atoms with van der Waals surface area (Å²) in [5.41, 5.74) is -0.908. The van der Waals surface area contributed by atoms with Gasteiger partial charge in [0, 0.05) is 12.0 Å². The molecule has 16 heavy (non-hydrogen) atoms. The molecule has 0 spiro atoms. The van der Waals surface area contributed by atoms with Gasteiger partial charge in [0.2, 0.25) is 0 Å². The molecule has 0 heterocycles. The Balaban J connectivity index is 3.13. The fourth-order valence-electron chi connectivity index (χ4n) is 1.29. The average molecular weight is 251 g/mol. The summed E-state index contributed by atoms with van der Waals surface area (Å²) in [4.78, 5) is 11.4. The van der Waals surface area contributed by atoms with Gasteiger partial charge in [-0.3, -0.25) is 4.79 Å². The minimum Gasteiger partial charge on any atom is -0.294 e. The Morgan fingerprint density at radius 1 is 1.38 bits per heavy atom. The summed E-state index contributed by atoms with van der Waals surface area (Å²) in [5, 5.41) is -0.388. The highest BCUT2D eigenvalue weighted by atomic mass is 35.5. The maximum absolute atomic E-state index is 12.5. The molecule has 0 atom stereocenters. The van der Waals surface area contributed by atoms with Gasteiger partial charge < -0.3 is 0 Å². The third-order valence-electron chi connectivity index (χ3n) is 2.07. The van der Waals surface area contributed by atoms with E-state index < -0.39 is 11.7 Å². The molecule has 0 aromatic heterocycles. The smallest absolute Gasteiger partial charge is 0.294 e. The van der Waals surface area contributed by atoms with Crippen LogP contribution in [0.5, 0.6) is 0 Å². The molecule has 0 amide bonds. The molecule has 5 heteroatoms. The van der Waals surface area contributed by atoms with Gasteiger partial charge in [0.25, 0.3) is 0 Å². The first-order chi connectivity index (χ1) is 7.36. The Bertz CT molecular complexity index is 399. The van der Waals surface area contributed by atoms with E-state index in [1.807, 2.05) is 0 Å². The van der Waals surface area contributed by atoms with E-state index in [1.165, 1.54) is 6.07 Å². The third-order valence-corrected chi connectivity index (χ3v) is 2.40. The molecule has 0 fully saturated rings. The maximum atomic E-state index is 12.5. The lowest BCUT2D eigenvalue weighted by molar-refractivity contribution is -0.137. The summed E-state index contributed by atoms with van der Waals surface area (Å²) in [6.07, 6.45) is -3.69. The number of rotatable bonds is 3. The number of carbonyl (C=O) groups is 1. The molecule has 0 unspecified atom stereocenters. The summed E-state index contributed by atoms with van der Waals surface area (Å²) in [6.45, 7) is 1.79. The second-order valence-electron chi connectivity index (χ2n) is 3.37. The van der Waals surface area contributed by atoms with Crippen molar-refractivity contribution < 1.29 is 18.0 Å². The van der Waals surface area contributed by atoms with Crippen LogP contribution < -0.4 is 0 Å². The van der Waals surface area contributed by atoms with Crippen LogP contribution in [0, 0.1) is 0 Å². The van der Waals surface area contributed by atoms with Crippen molar-refractivity contribution in [1.29, 1.82) is 0 Å². The molecule has 88 valence electrons. The molecule has 0 N–H and O–H groups in total. The largest absolute Gasteiger partial charge is 0.417 e. The second kappa shape index (κ2) is 4.87. The Kier molecular flexibility index (Phi) is 3.97. The van der Waals surface area contributed by atoms with Crippen LogP contribution in [0.25, 0.3) is 0 Å². The van der Waals surface area contributed by atoms with Crippen LogP contribution in [0.4, 0.5) is 13.2 Å². The van der Waals surface area contributed by atoms with E-state index in [1.54, 1.807) is 6.92 Å². The SMILES string of the molecule is CCCC(=O)c1ccc(Cl)c(C(F)(F)F)c1. The normalized spacial score (nSPS) is 11.6. The van der Waals surface area contributed by atoms with E-state index in [4.69, 9.17) is 11.6 Å². The lowest BCUT2D eigenvalue weighted by Crippen LogP contribution is -2.08. The molecule has 0 saturated carbocycles. The first-order valence-corrected chi connectivity index (χ1v) is 5.14. The number of alkyl halides is 3. The first kappa shape index (κ1) is 13.0. The van der Waals surface area contributed by atoms with Crippen LogP contribution in [0.1, 0.15) is 35.7 Å². The van der Waals surface area contributed by atoms with Gasteiger partial charge in [-0.1, -0.05) is 18.5 Å². The molecule has 1 aromatic rings. The molecule has 1 rings (SSSR count). The van der Waals surface area contributed by atoms with Crippen LogP contribution in [-0.2, 0) is 6.18 Å². The molecule has 1 aromatic carbocycles. The molecular weight excluding hydrogens is 241 g/mol. The third kappa shape index (κ3) is 2.98. The molecule has 0 aliphatic rings. The highest BCUT2D eigenvalue weighted by Gasteiger charge is 2.33. The van der Waals surface area contributed by atoms with Crippen molar-refractivity contribution in [2.24, 2.45) is 0 Å². The van der Waals surface area contributed by atoms with Crippen LogP contribution in [0.3, 0.4) is 0 Å². The fourth-order valence-corrected chi connectivity index (χ4v) is 1.51. The van der Waals surface area contributed by atoms with Gasteiger partial charge in [-0.25, -0.2) is 0 Å². The molecule has 0 bridgehead atoms. The van der Waals surface area contributed by atoms with Crippen molar-refractivity contribution in [1.82, 2.24) is 0 Å². The van der Waals surface area contributed by atoms with E-state index in [0.717, 1.165) is 12.1 Å². The Hall–Kier alpha value is -1.03. The van der Waals surface area contributed by atoms with Crippen LogP contribution in [-0.4, -0.2) is 5.78 Å². The summed E-state index contributed by atoms with van der Waals surface area (Å²) >= 11 is 5.43. The molecule has 0 saturated heterocycles. The predicted octanol–water partition coefficient (Wildman–Crippen LogP) is 4.34. The zero-order valence-electron chi connectivity index (χ0n) is 8.57. The summed E-state index contributed by atoms with van der Waals surface area (Å²) in [5.74, 6) is -0.301. The maximum Gasteiger partial charge on any atom is 0.417 e. The van der Waals surface area contributed by atoms with E-state index in [2.05, 4.69) is 0 Å². The highest BCUT2D eigenvalue weighted by molar-refractivity contribution is 6.31. The summed E-state index contributed by atoms with van der Waals surface area (Å²) in [7, 11) is 0. The first-order valence-electron chi connectivity index (χ1n) is 4.76. The van der Waals surface area contributed by atoms with Crippen molar-refractivity contribution in [3.63, 3.8) is 0 Å². The van der Waals surface area contributed by atoms with E-state index in [9.17, 15) is 18.0 Å². The Labute approximate surface area is 96.2 Å². The van der Waals surface area contributed by atoms with Gasteiger partial charge >= 0.3 is 6.18 Å². The van der Waals surface area contributed by atoms with Crippen molar-refractivity contribution in [2.75, 3.05) is 0 Å². The monoisotopic (exact) mass is 250 g/mol.